The van der Waals surface area contributed by atoms with Gasteiger partial charge in [0, 0.05) is 12.2 Å². The third-order valence-electron chi connectivity index (χ3n) is 1.65. The topological polar surface area (TPSA) is 68.0 Å². The quantitative estimate of drug-likeness (QED) is 0.891. The van der Waals surface area contributed by atoms with Crippen molar-refractivity contribution in [3.63, 3.8) is 0 Å². The van der Waals surface area contributed by atoms with Crippen LogP contribution in [0.4, 0.5) is 11.5 Å². The van der Waals surface area contributed by atoms with E-state index in [2.05, 4.69) is 26.2 Å². The molecule has 0 bridgehead atoms. The van der Waals surface area contributed by atoms with E-state index in [1.54, 1.807) is 17.8 Å². The SMILES string of the molecule is CSCCC(=O)Nc1ncc(N)cc1Br. The van der Waals surface area contributed by atoms with Crippen LogP contribution in [0.3, 0.4) is 0 Å². The number of nitrogens with one attached hydrogen (secondary N) is 1. The molecule has 6 heteroatoms. The Bertz CT molecular complexity index is 359. The lowest BCUT2D eigenvalue weighted by molar-refractivity contribution is -0.115. The number of amides is 1. The van der Waals surface area contributed by atoms with E-state index in [9.17, 15) is 4.79 Å². The highest BCUT2D eigenvalue weighted by Crippen LogP contribution is 2.21. The Kier molecular flexibility index (Phi) is 4.90. The molecule has 1 aromatic heterocycles. The van der Waals surface area contributed by atoms with Gasteiger partial charge in [-0.2, -0.15) is 11.8 Å². The highest BCUT2D eigenvalue weighted by atomic mass is 79.9. The largest absolute Gasteiger partial charge is 0.397 e. The first kappa shape index (κ1) is 12.3. The molecule has 82 valence electrons. The number of nitrogens with zero attached hydrogens (tertiary/aromatic N) is 1. The van der Waals surface area contributed by atoms with Gasteiger partial charge in [-0.15, -0.1) is 0 Å². The number of halogens is 1. The molecule has 1 aromatic rings. The minimum atomic E-state index is -0.0395. The fraction of sp³-hybridized carbons (Fsp3) is 0.333. The van der Waals surface area contributed by atoms with Crippen molar-refractivity contribution >= 4 is 45.1 Å². The monoisotopic (exact) mass is 289 g/mol. The van der Waals surface area contributed by atoms with Crippen molar-refractivity contribution in [2.24, 2.45) is 0 Å². The maximum atomic E-state index is 11.4. The third-order valence-corrected chi connectivity index (χ3v) is 2.87. The Morgan fingerprint density at radius 2 is 2.47 bits per heavy atom. The maximum Gasteiger partial charge on any atom is 0.226 e. The highest BCUT2D eigenvalue weighted by molar-refractivity contribution is 9.10. The van der Waals surface area contributed by atoms with Crippen molar-refractivity contribution in [1.82, 2.24) is 4.98 Å². The Labute approximate surface area is 101 Å². The van der Waals surface area contributed by atoms with Crippen LogP contribution in [0.1, 0.15) is 6.42 Å². The van der Waals surface area contributed by atoms with Gasteiger partial charge in [-0.3, -0.25) is 4.79 Å². The fourth-order valence-corrected chi connectivity index (χ4v) is 1.79. The maximum absolute atomic E-state index is 11.4. The summed E-state index contributed by atoms with van der Waals surface area (Å²) in [5.74, 6) is 1.27. The van der Waals surface area contributed by atoms with Crippen LogP contribution in [0.25, 0.3) is 0 Å². The average molecular weight is 290 g/mol. The van der Waals surface area contributed by atoms with Crippen molar-refractivity contribution in [3.8, 4) is 0 Å². The molecule has 1 amide bonds. The van der Waals surface area contributed by atoms with Crippen molar-refractivity contribution in [1.29, 1.82) is 0 Å². The smallest absolute Gasteiger partial charge is 0.226 e. The number of carbonyl (C=O) groups is 1. The van der Waals surface area contributed by atoms with Crippen LogP contribution in [0.15, 0.2) is 16.7 Å². The van der Waals surface area contributed by atoms with E-state index in [4.69, 9.17) is 5.73 Å². The lowest BCUT2D eigenvalue weighted by atomic mass is 10.4. The first-order valence-electron chi connectivity index (χ1n) is 4.33. The van der Waals surface area contributed by atoms with Crippen LogP contribution < -0.4 is 11.1 Å². The number of nitrogens with two attached hydrogens (primary N) is 1. The summed E-state index contributed by atoms with van der Waals surface area (Å²) in [6, 6.07) is 1.71. The normalized spacial score (nSPS) is 10.0. The molecule has 0 spiro atoms. The highest BCUT2D eigenvalue weighted by Gasteiger charge is 2.06. The number of nitrogen functional groups attached to an aromatic ring is 1. The third kappa shape index (κ3) is 4.09. The second-order valence-electron chi connectivity index (χ2n) is 2.89. The summed E-state index contributed by atoms with van der Waals surface area (Å²) in [5.41, 5.74) is 6.09. The van der Waals surface area contributed by atoms with Crippen LogP contribution in [0.5, 0.6) is 0 Å². The Hall–Kier alpha value is -0.750. The lowest BCUT2D eigenvalue weighted by Gasteiger charge is -2.06. The minimum Gasteiger partial charge on any atom is -0.397 e. The molecule has 0 unspecified atom stereocenters. The zero-order chi connectivity index (χ0) is 11.3. The van der Waals surface area contributed by atoms with E-state index in [-0.39, 0.29) is 5.91 Å². The first-order chi connectivity index (χ1) is 7.13. The molecule has 0 saturated heterocycles. The van der Waals surface area contributed by atoms with Gasteiger partial charge >= 0.3 is 0 Å². The summed E-state index contributed by atoms with van der Waals surface area (Å²) in [5, 5.41) is 2.71. The van der Waals surface area contributed by atoms with Crippen LogP contribution >= 0.6 is 27.7 Å². The predicted molar refractivity (Wildman–Crippen MR) is 68.0 cm³/mol. The number of aromatic nitrogens is 1. The summed E-state index contributed by atoms with van der Waals surface area (Å²) in [4.78, 5) is 15.4. The Morgan fingerprint density at radius 1 is 1.73 bits per heavy atom. The number of pyridine rings is 1. The Morgan fingerprint density at radius 3 is 3.07 bits per heavy atom. The molecule has 0 fully saturated rings. The molecular weight excluding hydrogens is 278 g/mol. The summed E-state index contributed by atoms with van der Waals surface area (Å²) in [6.45, 7) is 0. The summed E-state index contributed by atoms with van der Waals surface area (Å²) < 4.78 is 0.694. The standard InChI is InChI=1S/C9H12BrN3OS/c1-15-3-2-8(14)13-9-7(10)4-6(11)5-12-9/h4-5H,2-3,11H2,1H3,(H,12,13,14). The van der Waals surface area contributed by atoms with Gasteiger partial charge in [-0.25, -0.2) is 4.98 Å². The molecule has 15 heavy (non-hydrogen) atoms. The van der Waals surface area contributed by atoms with E-state index in [0.717, 1.165) is 5.75 Å². The number of thioether (sulfide) groups is 1. The Balaban J connectivity index is 2.60. The van der Waals surface area contributed by atoms with Gasteiger partial charge in [0.25, 0.3) is 0 Å². The predicted octanol–water partition coefficient (Wildman–Crippen LogP) is 2.12. The number of hydrogen-bond acceptors (Lipinski definition) is 4. The molecule has 0 aliphatic heterocycles. The van der Waals surface area contributed by atoms with Crippen LogP contribution in [0.2, 0.25) is 0 Å². The van der Waals surface area contributed by atoms with Gasteiger partial charge in [0.15, 0.2) is 0 Å². The minimum absolute atomic E-state index is 0.0395. The zero-order valence-electron chi connectivity index (χ0n) is 8.29. The van der Waals surface area contributed by atoms with Gasteiger partial charge in [0.1, 0.15) is 5.82 Å². The second kappa shape index (κ2) is 5.97. The summed E-state index contributed by atoms with van der Waals surface area (Å²) >= 11 is 4.92. The molecule has 0 aliphatic rings. The molecule has 0 aromatic carbocycles. The van der Waals surface area contributed by atoms with Crippen molar-refractivity contribution in [2.75, 3.05) is 23.1 Å². The molecule has 1 heterocycles. The molecule has 4 nitrogen and oxygen atoms in total. The number of anilines is 2. The molecule has 0 aliphatic carbocycles. The van der Waals surface area contributed by atoms with Crippen LogP contribution in [-0.2, 0) is 4.79 Å². The molecule has 0 saturated carbocycles. The first-order valence-corrected chi connectivity index (χ1v) is 6.52. The van der Waals surface area contributed by atoms with E-state index >= 15 is 0 Å². The van der Waals surface area contributed by atoms with Crippen molar-refractivity contribution < 1.29 is 4.79 Å². The van der Waals surface area contributed by atoms with Crippen molar-refractivity contribution in [3.05, 3.63) is 16.7 Å². The van der Waals surface area contributed by atoms with Gasteiger partial charge in [0.2, 0.25) is 5.91 Å². The van der Waals surface area contributed by atoms with Gasteiger partial charge < -0.3 is 11.1 Å². The molecule has 1 rings (SSSR count). The summed E-state index contributed by atoms with van der Waals surface area (Å²) in [7, 11) is 0. The van der Waals surface area contributed by atoms with Gasteiger partial charge in [0.05, 0.1) is 16.4 Å². The van der Waals surface area contributed by atoms with E-state index < -0.39 is 0 Å². The second-order valence-corrected chi connectivity index (χ2v) is 4.73. The molecule has 0 radical (unpaired) electrons. The van der Waals surface area contributed by atoms with Crippen LogP contribution in [-0.4, -0.2) is 22.9 Å². The molecule has 0 atom stereocenters. The van der Waals surface area contributed by atoms with Gasteiger partial charge in [-0.05, 0) is 28.3 Å². The van der Waals surface area contributed by atoms with E-state index in [0.29, 0.717) is 22.4 Å². The number of hydrogen-bond donors (Lipinski definition) is 2. The fourth-order valence-electron chi connectivity index (χ4n) is 0.934. The van der Waals surface area contributed by atoms with Crippen LogP contribution in [0, 0.1) is 0 Å². The summed E-state index contributed by atoms with van der Waals surface area (Å²) in [6.07, 6.45) is 3.96. The van der Waals surface area contributed by atoms with Gasteiger partial charge in [-0.1, -0.05) is 0 Å². The average Bonchev–Trinajstić information content (AvgIpc) is 2.19. The zero-order valence-corrected chi connectivity index (χ0v) is 10.7. The molecule has 3 N–H and O–H groups in total. The molecular formula is C9H12BrN3OS. The van der Waals surface area contributed by atoms with Crippen molar-refractivity contribution in [2.45, 2.75) is 6.42 Å². The number of rotatable bonds is 4. The number of carbonyl (C=O) groups excluding carboxylic acids is 1. The van der Waals surface area contributed by atoms with E-state index in [1.807, 2.05) is 6.26 Å². The van der Waals surface area contributed by atoms with E-state index in [1.165, 1.54) is 6.20 Å². The lowest BCUT2D eigenvalue weighted by Crippen LogP contribution is -2.13.